The van der Waals surface area contributed by atoms with E-state index in [2.05, 4.69) is 49.5 Å². The van der Waals surface area contributed by atoms with Crippen molar-refractivity contribution in [1.29, 1.82) is 0 Å². The molecule has 0 N–H and O–H groups in total. The third kappa shape index (κ3) is 6.11. The van der Waals surface area contributed by atoms with Crippen molar-refractivity contribution < 1.29 is 28.7 Å². The molecule has 2 nitrogen and oxygen atoms in total. The third-order valence-electron chi connectivity index (χ3n) is 4.16. The monoisotopic (exact) mass is 346 g/mol. The molecule has 0 spiro atoms. The van der Waals surface area contributed by atoms with Crippen molar-refractivity contribution in [3.8, 4) is 0 Å². The molecule has 2 aromatic rings. The van der Waals surface area contributed by atoms with Crippen LogP contribution in [0, 0.1) is 0 Å². The second kappa shape index (κ2) is 8.80. The van der Waals surface area contributed by atoms with Crippen LogP contribution in [0.25, 0.3) is 0 Å². The Bertz CT molecular complexity index is 676. The van der Waals surface area contributed by atoms with Crippen molar-refractivity contribution in [3.05, 3.63) is 78.2 Å². The summed E-state index contributed by atoms with van der Waals surface area (Å²) in [6, 6.07) is 20.8. The maximum Gasteiger partial charge on any atom is 1.00 e. The van der Waals surface area contributed by atoms with E-state index in [4.69, 9.17) is 4.74 Å². The van der Waals surface area contributed by atoms with Gasteiger partial charge in [0.05, 0.1) is 8.07 Å². The fraction of sp³-hybridized carbons (Fsp3) is 0.333. The van der Waals surface area contributed by atoms with Crippen LogP contribution in [0.3, 0.4) is 0 Å². The van der Waals surface area contributed by atoms with E-state index < -0.39 is 13.7 Å². The van der Waals surface area contributed by atoms with Gasteiger partial charge in [-0.05, 0) is 5.56 Å². The molecule has 0 heterocycles. The summed E-state index contributed by atoms with van der Waals surface area (Å²) in [6.07, 6.45) is 1.78. The fourth-order valence-electron chi connectivity index (χ4n) is 2.90. The molecule has 1 unspecified atom stereocenters. The number of benzene rings is 2. The van der Waals surface area contributed by atoms with Crippen LogP contribution in [0.2, 0.25) is 13.1 Å². The summed E-state index contributed by atoms with van der Waals surface area (Å²) in [7, 11) is -1.94. The summed E-state index contributed by atoms with van der Waals surface area (Å²) < 4.78 is 5.55. The molecule has 2 rings (SSSR count). The first kappa shape index (κ1) is 21.6. The average Bonchev–Trinajstić information content (AvgIpc) is 2.52. The van der Waals surface area contributed by atoms with Crippen LogP contribution in [-0.4, -0.2) is 13.7 Å². The number of rotatable bonds is 5. The first-order valence-corrected chi connectivity index (χ1v) is 11.5. The van der Waals surface area contributed by atoms with Gasteiger partial charge in [-0.15, -0.1) is 0 Å². The Morgan fingerprint density at radius 3 is 1.92 bits per heavy atom. The van der Waals surface area contributed by atoms with Gasteiger partial charge in [-0.3, -0.25) is 0 Å². The Morgan fingerprint density at radius 1 is 0.960 bits per heavy atom. The molecule has 0 radical (unpaired) electrons. The molecule has 25 heavy (non-hydrogen) atoms. The Labute approximate surface area is 165 Å². The molecule has 2 aromatic carbocycles. The molecule has 0 aliphatic heterocycles. The summed E-state index contributed by atoms with van der Waals surface area (Å²) >= 11 is 0. The third-order valence-corrected chi connectivity index (χ3v) is 8.04. The summed E-state index contributed by atoms with van der Waals surface area (Å²) in [5.74, 6) is -0.243. The van der Waals surface area contributed by atoms with Crippen LogP contribution in [0.4, 0.5) is 0 Å². The summed E-state index contributed by atoms with van der Waals surface area (Å²) in [5.41, 5.74) is 0.757. The number of allylic oxidation sites excluding steroid dienone is 1. The molecule has 4 heteroatoms. The molecule has 0 saturated heterocycles. The summed E-state index contributed by atoms with van der Waals surface area (Å²) in [4.78, 5) is 0. The van der Waals surface area contributed by atoms with Crippen LogP contribution in [0.5, 0.6) is 0 Å². The van der Waals surface area contributed by atoms with Gasteiger partial charge in [0.2, 0.25) is 0 Å². The zero-order chi connectivity index (χ0) is 17.8. The van der Waals surface area contributed by atoms with E-state index >= 15 is 0 Å². The van der Waals surface area contributed by atoms with Gasteiger partial charge < -0.3 is 9.84 Å². The van der Waals surface area contributed by atoms with Crippen molar-refractivity contribution in [2.45, 2.75) is 45.0 Å². The Hall–Kier alpha value is -1.41. The Morgan fingerprint density at radius 2 is 1.44 bits per heavy atom. The number of hydrogen-bond donors (Lipinski definition) is 0. The second-order valence-electron chi connectivity index (χ2n) is 7.68. The van der Waals surface area contributed by atoms with E-state index in [1.54, 1.807) is 6.08 Å². The first-order chi connectivity index (χ1) is 11.2. The normalized spacial score (nSPS) is 13.7. The van der Waals surface area contributed by atoms with Crippen molar-refractivity contribution >= 4 is 13.3 Å². The van der Waals surface area contributed by atoms with Gasteiger partial charge in [0.1, 0.15) is 0 Å². The number of hydrogen-bond acceptors (Lipinski definition) is 2. The van der Waals surface area contributed by atoms with E-state index in [9.17, 15) is 5.11 Å². The molecule has 0 aliphatic carbocycles. The molecule has 0 fully saturated rings. The predicted octanol–water partition coefficient (Wildman–Crippen LogP) is 0.946. The smallest absolute Gasteiger partial charge is 0.608 e. The maximum atomic E-state index is 12.5. The molecular weight excluding hydrogens is 319 g/mol. The van der Waals surface area contributed by atoms with Gasteiger partial charge in [-0.25, -0.2) is 0 Å². The van der Waals surface area contributed by atoms with Crippen LogP contribution in [0.15, 0.2) is 72.7 Å². The molecule has 0 amide bonds. The zero-order valence-electron chi connectivity index (χ0n) is 16.2. The van der Waals surface area contributed by atoms with E-state index in [0.29, 0.717) is 0 Å². The Kier molecular flexibility index (Phi) is 7.62. The molecule has 1 atom stereocenters. The second-order valence-corrected chi connectivity index (χ2v) is 12.3. The Balaban J connectivity index is 0.00000312. The average molecular weight is 346 g/mol. The van der Waals surface area contributed by atoms with Crippen molar-refractivity contribution in [2.75, 3.05) is 0 Å². The summed E-state index contributed by atoms with van der Waals surface area (Å²) in [5, 5.41) is 13.8. The van der Waals surface area contributed by atoms with Crippen LogP contribution in [0.1, 0.15) is 31.9 Å². The van der Waals surface area contributed by atoms with Gasteiger partial charge >= 0.3 is 18.9 Å². The minimum atomic E-state index is -1.94. The fourth-order valence-corrected chi connectivity index (χ4v) is 5.89. The van der Waals surface area contributed by atoms with E-state index in [1.807, 2.05) is 45.0 Å². The largest absolute Gasteiger partial charge is 1.00 e. The minimum Gasteiger partial charge on any atom is -0.608 e. The molecule has 0 saturated carbocycles. The van der Waals surface area contributed by atoms with Crippen molar-refractivity contribution in [2.24, 2.45) is 0 Å². The first-order valence-electron chi connectivity index (χ1n) is 8.38. The zero-order valence-corrected chi connectivity index (χ0v) is 17.2. The van der Waals surface area contributed by atoms with E-state index in [0.717, 1.165) is 0 Å². The summed E-state index contributed by atoms with van der Waals surface area (Å²) in [6.45, 7) is 10.3. The van der Waals surface area contributed by atoms with Crippen molar-refractivity contribution in [3.63, 3.8) is 0 Å². The molecule has 0 aliphatic rings. The van der Waals surface area contributed by atoms with Gasteiger partial charge in [0, 0.05) is 17.1 Å². The van der Waals surface area contributed by atoms with Crippen LogP contribution >= 0.6 is 0 Å². The molecule has 128 valence electrons. The van der Waals surface area contributed by atoms with Crippen LogP contribution < -0.4 is 29.2 Å². The van der Waals surface area contributed by atoms with Crippen molar-refractivity contribution in [1.82, 2.24) is 0 Å². The standard InChI is InChI=1S/C21H28O2Si.Li/c1-21(2,3)23-20(22)16-19(17-12-8-6-9-13-17)24(4,5)18-14-10-7-11-15-18;/h6-16,19,22H,1-5H3;/q;+1/p-1/b20-16+;. The van der Waals surface area contributed by atoms with Crippen LogP contribution in [-0.2, 0) is 4.74 Å². The predicted molar refractivity (Wildman–Crippen MR) is 102 cm³/mol. The van der Waals surface area contributed by atoms with Gasteiger partial charge in [-0.2, -0.15) is 0 Å². The van der Waals surface area contributed by atoms with Gasteiger partial charge in [0.25, 0.3) is 0 Å². The SMILES string of the molecule is CC(C)(C)O/C([O-])=C/C(c1ccccc1)[Si](C)(C)c1ccccc1.[Li+]. The molecular formula is C21H27LiO2Si. The van der Waals surface area contributed by atoms with Gasteiger partial charge in [-0.1, -0.05) is 106 Å². The van der Waals surface area contributed by atoms with Gasteiger partial charge in [0.15, 0.2) is 0 Å². The minimum absolute atomic E-state index is 0. The van der Waals surface area contributed by atoms with E-state index in [-0.39, 0.29) is 30.3 Å². The molecule has 0 bridgehead atoms. The topological polar surface area (TPSA) is 32.3 Å². The van der Waals surface area contributed by atoms with E-state index in [1.165, 1.54) is 10.8 Å². The number of ether oxygens (including phenoxy) is 1. The maximum absolute atomic E-state index is 12.5. The quantitative estimate of drug-likeness (QED) is 0.596. The molecule has 0 aromatic heterocycles.